The predicted molar refractivity (Wildman–Crippen MR) is 43.5 cm³/mol. The molecule has 0 saturated carbocycles. The molecule has 6 nitrogen and oxygen atoms in total. The number of amides is 2. The van der Waals surface area contributed by atoms with Crippen molar-refractivity contribution in [3.8, 4) is 0 Å². The lowest BCUT2D eigenvalue weighted by molar-refractivity contribution is -0.182. The lowest BCUT2D eigenvalue weighted by Gasteiger charge is -2.15. The first-order valence-corrected chi connectivity index (χ1v) is 3.79. The highest BCUT2D eigenvalue weighted by atomic mass is 19.4. The molecule has 0 fully saturated rings. The minimum atomic E-state index is -5.21. The molecule has 2 N–H and O–H groups in total. The molecule has 1 heterocycles. The molecule has 0 aromatic carbocycles. The van der Waals surface area contributed by atoms with Gasteiger partial charge in [-0.15, -0.1) is 0 Å². The fourth-order valence-corrected chi connectivity index (χ4v) is 0.777. The van der Waals surface area contributed by atoms with Gasteiger partial charge in [-0.1, -0.05) is 0 Å². The Morgan fingerprint density at radius 3 is 2.19 bits per heavy atom. The first kappa shape index (κ1) is 12.0. The molecular formula is C7H5F3N4O2. The SMILES string of the molecule is NN(C(=O)c1cncnc1)C(=O)C(F)(F)F. The summed E-state index contributed by atoms with van der Waals surface area (Å²) in [6.45, 7) is 0. The minimum Gasteiger partial charge on any atom is -0.267 e. The Kier molecular flexibility index (Phi) is 3.18. The average molecular weight is 234 g/mol. The molecule has 0 radical (unpaired) electrons. The molecular weight excluding hydrogens is 229 g/mol. The number of nitrogens with two attached hydrogens (primary N) is 1. The van der Waals surface area contributed by atoms with Crippen LogP contribution in [0.3, 0.4) is 0 Å². The normalized spacial score (nSPS) is 11.0. The Balaban J connectivity index is 2.88. The van der Waals surface area contributed by atoms with E-state index in [-0.39, 0.29) is 5.56 Å². The van der Waals surface area contributed by atoms with Gasteiger partial charge in [0.2, 0.25) is 0 Å². The zero-order valence-electron chi connectivity index (χ0n) is 7.60. The van der Waals surface area contributed by atoms with Crippen molar-refractivity contribution in [3.63, 3.8) is 0 Å². The molecule has 86 valence electrons. The smallest absolute Gasteiger partial charge is 0.267 e. The molecule has 1 aromatic rings. The summed E-state index contributed by atoms with van der Waals surface area (Å²) in [5.41, 5.74) is -0.317. The third-order valence-corrected chi connectivity index (χ3v) is 1.49. The molecule has 1 rings (SSSR count). The van der Waals surface area contributed by atoms with E-state index >= 15 is 0 Å². The molecule has 0 atom stereocenters. The second kappa shape index (κ2) is 4.23. The van der Waals surface area contributed by atoms with E-state index in [1.165, 1.54) is 0 Å². The fourth-order valence-electron chi connectivity index (χ4n) is 0.777. The lowest BCUT2D eigenvalue weighted by atomic mass is 10.3. The van der Waals surface area contributed by atoms with Crippen molar-refractivity contribution in [2.75, 3.05) is 0 Å². The number of alkyl halides is 3. The topological polar surface area (TPSA) is 89.2 Å². The Labute approximate surface area is 86.9 Å². The van der Waals surface area contributed by atoms with E-state index < -0.39 is 23.0 Å². The fraction of sp³-hybridized carbons (Fsp3) is 0.143. The van der Waals surface area contributed by atoms with Crippen LogP contribution in [0.15, 0.2) is 18.7 Å². The van der Waals surface area contributed by atoms with Crippen molar-refractivity contribution in [3.05, 3.63) is 24.3 Å². The van der Waals surface area contributed by atoms with Crippen LogP contribution in [0.1, 0.15) is 10.4 Å². The number of aromatic nitrogens is 2. The third kappa shape index (κ3) is 2.51. The van der Waals surface area contributed by atoms with E-state index in [0.29, 0.717) is 0 Å². The van der Waals surface area contributed by atoms with Crippen molar-refractivity contribution in [2.45, 2.75) is 6.18 Å². The number of hydrogen-bond acceptors (Lipinski definition) is 5. The van der Waals surface area contributed by atoms with Crippen molar-refractivity contribution >= 4 is 11.8 Å². The maximum Gasteiger partial charge on any atom is 0.473 e. The Bertz CT molecular complexity index is 406. The molecule has 0 bridgehead atoms. The molecule has 9 heteroatoms. The summed E-state index contributed by atoms with van der Waals surface area (Å²) in [5.74, 6) is 0.950. The van der Waals surface area contributed by atoms with E-state index in [2.05, 4.69) is 9.97 Å². The van der Waals surface area contributed by atoms with Crippen molar-refractivity contribution < 1.29 is 22.8 Å². The number of carbonyl (C=O) groups excluding carboxylic acids is 2. The second-order valence-corrected chi connectivity index (χ2v) is 2.61. The molecule has 0 aliphatic heterocycles. The molecule has 0 aliphatic rings. The number of carbonyl (C=O) groups is 2. The first-order valence-electron chi connectivity index (χ1n) is 3.79. The number of halogens is 3. The summed E-state index contributed by atoms with van der Waals surface area (Å²) in [7, 11) is 0. The van der Waals surface area contributed by atoms with Crippen LogP contribution >= 0.6 is 0 Å². The van der Waals surface area contributed by atoms with Gasteiger partial charge in [-0.25, -0.2) is 20.8 Å². The Morgan fingerprint density at radius 2 is 1.75 bits per heavy atom. The quantitative estimate of drug-likeness (QED) is 0.415. The maximum absolute atomic E-state index is 11.9. The van der Waals surface area contributed by atoms with Crippen molar-refractivity contribution in [1.82, 2.24) is 15.0 Å². The molecule has 1 aromatic heterocycles. The number of nitrogens with zero attached hydrogens (tertiary/aromatic N) is 3. The van der Waals surface area contributed by atoms with E-state index in [1.807, 2.05) is 0 Å². The van der Waals surface area contributed by atoms with Gasteiger partial charge in [0.15, 0.2) is 0 Å². The summed E-state index contributed by atoms with van der Waals surface area (Å²) in [5, 5.41) is -0.529. The van der Waals surface area contributed by atoms with E-state index in [1.54, 1.807) is 0 Å². The van der Waals surface area contributed by atoms with Crippen LogP contribution in [-0.2, 0) is 4.79 Å². The maximum atomic E-state index is 11.9. The Hall–Kier alpha value is -2.03. The highest BCUT2D eigenvalue weighted by Crippen LogP contribution is 2.17. The van der Waals surface area contributed by atoms with Crippen molar-refractivity contribution in [2.24, 2.45) is 5.84 Å². The standard InChI is InChI=1S/C7H5F3N4O2/c8-7(9,10)6(16)14(11)5(15)4-1-12-3-13-2-4/h1-3H,11H2. The predicted octanol–water partition coefficient (Wildman–Crippen LogP) is -0.119. The molecule has 0 spiro atoms. The van der Waals surface area contributed by atoms with E-state index in [4.69, 9.17) is 5.84 Å². The molecule has 2 amide bonds. The van der Waals surface area contributed by atoms with Crippen LogP contribution in [0, 0.1) is 0 Å². The Morgan fingerprint density at radius 1 is 1.25 bits per heavy atom. The number of hydrazine groups is 1. The van der Waals surface area contributed by atoms with Gasteiger partial charge >= 0.3 is 12.1 Å². The molecule has 0 aliphatic carbocycles. The van der Waals surface area contributed by atoms with Gasteiger partial charge in [0.1, 0.15) is 6.33 Å². The molecule has 16 heavy (non-hydrogen) atoms. The molecule has 0 unspecified atom stereocenters. The van der Waals surface area contributed by atoms with Gasteiger partial charge in [-0.2, -0.15) is 13.2 Å². The van der Waals surface area contributed by atoms with Crippen LogP contribution < -0.4 is 5.84 Å². The van der Waals surface area contributed by atoms with Crippen LogP contribution in [-0.4, -0.2) is 33.0 Å². The van der Waals surface area contributed by atoms with Crippen LogP contribution in [0.4, 0.5) is 13.2 Å². The van der Waals surface area contributed by atoms with Gasteiger partial charge in [0.05, 0.1) is 5.56 Å². The summed E-state index contributed by atoms with van der Waals surface area (Å²) < 4.78 is 35.8. The zero-order valence-corrected chi connectivity index (χ0v) is 7.60. The summed E-state index contributed by atoms with van der Waals surface area (Å²) in [4.78, 5) is 28.6. The highest BCUT2D eigenvalue weighted by Gasteiger charge is 2.44. The van der Waals surface area contributed by atoms with Crippen LogP contribution in [0.2, 0.25) is 0 Å². The second-order valence-electron chi connectivity index (χ2n) is 2.61. The number of rotatable bonds is 1. The van der Waals surface area contributed by atoms with Gasteiger partial charge in [0, 0.05) is 12.4 Å². The number of hydrogen-bond donors (Lipinski definition) is 1. The lowest BCUT2D eigenvalue weighted by Crippen LogP contribution is -2.49. The van der Waals surface area contributed by atoms with Gasteiger partial charge < -0.3 is 0 Å². The van der Waals surface area contributed by atoms with Gasteiger partial charge in [-0.05, 0) is 0 Å². The van der Waals surface area contributed by atoms with E-state index in [9.17, 15) is 22.8 Å². The zero-order chi connectivity index (χ0) is 12.3. The van der Waals surface area contributed by atoms with Crippen LogP contribution in [0.5, 0.6) is 0 Å². The largest absolute Gasteiger partial charge is 0.473 e. The van der Waals surface area contributed by atoms with Crippen LogP contribution in [0.25, 0.3) is 0 Å². The van der Waals surface area contributed by atoms with E-state index in [0.717, 1.165) is 18.7 Å². The average Bonchev–Trinajstić information content (AvgIpc) is 2.26. The first-order chi connectivity index (χ1) is 7.34. The number of imide groups is 1. The monoisotopic (exact) mass is 234 g/mol. The third-order valence-electron chi connectivity index (χ3n) is 1.49. The highest BCUT2D eigenvalue weighted by molar-refractivity contribution is 6.05. The summed E-state index contributed by atoms with van der Waals surface area (Å²) in [6, 6.07) is 0. The molecule has 0 saturated heterocycles. The van der Waals surface area contributed by atoms with Gasteiger partial charge in [0.25, 0.3) is 5.91 Å². The summed E-state index contributed by atoms with van der Waals surface area (Å²) in [6.07, 6.45) is -2.25. The van der Waals surface area contributed by atoms with Crippen molar-refractivity contribution in [1.29, 1.82) is 0 Å². The minimum absolute atomic E-state index is 0.317. The summed E-state index contributed by atoms with van der Waals surface area (Å²) >= 11 is 0. The van der Waals surface area contributed by atoms with Gasteiger partial charge in [-0.3, -0.25) is 9.59 Å².